The molecule has 0 bridgehead atoms. The lowest BCUT2D eigenvalue weighted by molar-refractivity contribution is -0.161. The molecule has 0 spiro atoms. The summed E-state index contributed by atoms with van der Waals surface area (Å²) in [6.45, 7) is 4.68. The maximum absolute atomic E-state index is 13.1. The molecule has 0 fully saturated rings. The minimum atomic E-state index is -4.98. The van der Waals surface area contributed by atoms with Gasteiger partial charge in [0.25, 0.3) is 0 Å². The lowest BCUT2D eigenvalue weighted by Gasteiger charge is -2.21. The fraction of sp³-hybridized carbons (Fsp3) is 0.797. The number of aliphatic hydroxyl groups is 1. The molecule has 0 rings (SSSR count). The lowest BCUT2D eigenvalue weighted by Crippen LogP contribution is -2.30. The zero-order chi connectivity index (χ0) is 71.8. The van der Waals surface area contributed by atoms with Crippen LogP contribution in [0.4, 0.5) is 0 Å². The molecule has 0 aliphatic heterocycles. The van der Waals surface area contributed by atoms with Crippen molar-refractivity contribution in [2.75, 3.05) is 39.6 Å². The van der Waals surface area contributed by atoms with Gasteiger partial charge in [-0.05, 0) is 89.9 Å². The van der Waals surface area contributed by atoms with Gasteiger partial charge in [-0.1, -0.05) is 306 Å². The molecular formula is C79H142O17P2. The Labute approximate surface area is 596 Å². The van der Waals surface area contributed by atoms with Gasteiger partial charge in [-0.3, -0.25) is 37.3 Å². The van der Waals surface area contributed by atoms with Crippen molar-refractivity contribution < 1.29 is 80.2 Å². The quantitative estimate of drug-likeness (QED) is 0.0169. The maximum atomic E-state index is 13.1. The van der Waals surface area contributed by atoms with E-state index in [1.165, 1.54) is 109 Å². The number of esters is 4. The number of hydrogen-bond donors (Lipinski definition) is 3. The Morgan fingerprint density at radius 3 is 0.816 bits per heavy atom. The number of phosphoric ester groups is 2. The molecule has 0 saturated carbocycles. The summed E-state index contributed by atoms with van der Waals surface area (Å²) in [5, 5.41) is 10.6. The van der Waals surface area contributed by atoms with Crippen LogP contribution in [0.5, 0.6) is 0 Å². The van der Waals surface area contributed by atoms with Gasteiger partial charge in [-0.2, -0.15) is 0 Å². The van der Waals surface area contributed by atoms with Crippen molar-refractivity contribution in [2.24, 2.45) is 0 Å². The van der Waals surface area contributed by atoms with Crippen LogP contribution in [0.2, 0.25) is 0 Å². The molecule has 0 heterocycles. The standard InChI is InChI=1S/C79H142O17P2/c1-5-9-13-17-21-25-29-32-35-36-39-41-45-48-52-56-60-64-77(82)90-70-75(96-79(84)66-62-58-54-50-46-42-38-34-31-27-23-19-15-11-7-3)72-94-98(87,88)92-68-73(80)67-91-97(85,86)93-71-74(95-78(83)65-61-57-53-49-43-28-24-20-16-12-8-4)69-89-76(81)63-59-55-51-47-44-40-37-33-30-26-22-18-14-10-6-2/h9,11,13,15,21,23,25,27,32,34-35,38,73-75,80H,5-8,10,12,14,16-20,22,24,26,28-31,33,36-37,39-72H2,1-4H3,(H,85,86)(H,87,88)/b13-9-,15-11-,25-21-,27-23-,35-32-,38-34-. The molecule has 5 atom stereocenters. The number of unbranched alkanes of at least 4 members (excludes halogenated alkanes) is 36. The molecule has 17 nitrogen and oxygen atoms in total. The second-order valence-corrected chi connectivity index (χ2v) is 29.2. The van der Waals surface area contributed by atoms with Crippen molar-refractivity contribution in [1.82, 2.24) is 0 Å². The highest BCUT2D eigenvalue weighted by Gasteiger charge is 2.30. The van der Waals surface area contributed by atoms with E-state index in [1.54, 1.807) is 0 Å². The van der Waals surface area contributed by atoms with Crippen molar-refractivity contribution in [2.45, 2.75) is 367 Å². The third kappa shape index (κ3) is 70.9. The van der Waals surface area contributed by atoms with Crippen molar-refractivity contribution >= 4 is 39.5 Å². The lowest BCUT2D eigenvalue weighted by atomic mass is 10.0. The van der Waals surface area contributed by atoms with Gasteiger partial charge in [0.15, 0.2) is 12.2 Å². The van der Waals surface area contributed by atoms with E-state index < -0.39 is 97.5 Å². The summed E-state index contributed by atoms with van der Waals surface area (Å²) in [6, 6.07) is 0. The highest BCUT2D eigenvalue weighted by Crippen LogP contribution is 2.45. The Hall–Kier alpha value is -3.50. The van der Waals surface area contributed by atoms with Crippen molar-refractivity contribution in [3.8, 4) is 0 Å². The summed E-state index contributed by atoms with van der Waals surface area (Å²) in [5.74, 6) is -2.17. The van der Waals surface area contributed by atoms with Crippen LogP contribution in [0.25, 0.3) is 0 Å². The molecule has 0 aromatic heterocycles. The van der Waals surface area contributed by atoms with Crippen LogP contribution >= 0.6 is 15.6 Å². The Morgan fingerprint density at radius 2 is 0.531 bits per heavy atom. The molecule has 5 unspecified atom stereocenters. The Balaban J connectivity index is 5.31. The molecule has 0 aromatic rings. The second-order valence-electron chi connectivity index (χ2n) is 26.3. The average molecular weight is 1430 g/mol. The predicted molar refractivity (Wildman–Crippen MR) is 400 cm³/mol. The van der Waals surface area contributed by atoms with Gasteiger partial charge in [0.1, 0.15) is 19.3 Å². The first-order chi connectivity index (χ1) is 47.7. The largest absolute Gasteiger partial charge is 0.472 e. The number of carbonyl (C=O) groups is 4. The molecule has 570 valence electrons. The first-order valence-electron chi connectivity index (χ1n) is 39.2. The summed E-state index contributed by atoms with van der Waals surface area (Å²) in [7, 11) is -9.94. The average Bonchev–Trinajstić information content (AvgIpc) is 0.986. The number of carbonyl (C=O) groups excluding carboxylic acids is 4. The van der Waals surface area contributed by atoms with Crippen LogP contribution in [-0.4, -0.2) is 96.7 Å². The van der Waals surface area contributed by atoms with E-state index in [4.69, 9.17) is 37.0 Å². The van der Waals surface area contributed by atoms with E-state index in [9.17, 15) is 43.2 Å². The van der Waals surface area contributed by atoms with Crippen LogP contribution in [-0.2, 0) is 65.4 Å². The third-order valence-electron chi connectivity index (χ3n) is 16.7. The Kier molecular flexibility index (Phi) is 69.3. The topological polar surface area (TPSA) is 237 Å². The molecule has 0 aromatic carbocycles. The zero-order valence-electron chi connectivity index (χ0n) is 62.2. The van der Waals surface area contributed by atoms with Gasteiger partial charge in [-0.15, -0.1) is 0 Å². The number of ether oxygens (including phenoxy) is 4. The van der Waals surface area contributed by atoms with Gasteiger partial charge in [0, 0.05) is 25.7 Å². The van der Waals surface area contributed by atoms with E-state index in [-0.39, 0.29) is 25.7 Å². The van der Waals surface area contributed by atoms with Gasteiger partial charge in [-0.25, -0.2) is 9.13 Å². The number of rotatable bonds is 74. The number of phosphoric acid groups is 2. The van der Waals surface area contributed by atoms with Gasteiger partial charge >= 0.3 is 39.5 Å². The summed E-state index contributed by atoms with van der Waals surface area (Å²) in [5.41, 5.74) is 0. The molecule has 0 aliphatic rings. The van der Waals surface area contributed by atoms with Gasteiger partial charge < -0.3 is 33.8 Å². The molecule has 3 N–H and O–H groups in total. The normalized spacial score (nSPS) is 14.3. The van der Waals surface area contributed by atoms with Crippen LogP contribution in [0.3, 0.4) is 0 Å². The van der Waals surface area contributed by atoms with Crippen LogP contribution in [0, 0.1) is 0 Å². The van der Waals surface area contributed by atoms with Crippen molar-refractivity contribution in [1.29, 1.82) is 0 Å². The number of hydrogen-bond acceptors (Lipinski definition) is 15. The minimum Gasteiger partial charge on any atom is -0.462 e. The summed E-state index contributed by atoms with van der Waals surface area (Å²) in [6.07, 6.45) is 71.7. The molecule has 19 heteroatoms. The molecule has 0 saturated heterocycles. The van der Waals surface area contributed by atoms with E-state index in [0.29, 0.717) is 25.7 Å². The van der Waals surface area contributed by atoms with E-state index >= 15 is 0 Å². The summed E-state index contributed by atoms with van der Waals surface area (Å²) < 4.78 is 68.5. The van der Waals surface area contributed by atoms with E-state index in [1.807, 2.05) is 0 Å². The maximum Gasteiger partial charge on any atom is 0.472 e. The Bertz CT molecular complexity index is 2140. The Morgan fingerprint density at radius 1 is 0.296 bits per heavy atom. The van der Waals surface area contributed by atoms with Crippen molar-refractivity contribution in [3.63, 3.8) is 0 Å². The van der Waals surface area contributed by atoms with Gasteiger partial charge in [0.2, 0.25) is 0 Å². The molecule has 98 heavy (non-hydrogen) atoms. The predicted octanol–water partition coefficient (Wildman–Crippen LogP) is 22.4. The summed E-state index contributed by atoms with van der Waals surface area (Å²) in [4.78, 5) is 72.9. The monoisotopic (exact) mass is 1420 g/mol. The van der Waals surface area contributed by atoms with Crippen LogP contribution in [0.1, 0.15) is 349 Å². The molecule has 0 amide bonds. The molecule has 0 radical (unpaired) electrons. The first-order valence-corrected chi connectivity index (χ1v) is 42.2. The van der Waals surface area contributed by atoms with E-state index in [0.717, 1.165) is 161 Å². The van der Waals surface area contributed by atoms with Crippen LogP contribution < -0.4 is 0 Å². The fourth-order valence-electron chi connectivity index (χ4n) is 10.8. The molecular weight excluding hydrogens is 1280 g/mol. The SMILES string of the molecule is CC/C=C\C/C=C\C/C=C\CCCCCCCCCC(=O)OCC(COP(=O)(O)OCC(O)COP(=O)(O)OCC(COC(=O)CCCCCCCCCCCCCCCCC)OC(=O)CCCCCCCCCCCCC)OC(=O)CCCCCCC/C=C\C/C=C\C/C=C\CC. The number of aliphatic hydroxyl groups excluding tert-OH is 1. The molecule has 0 aliphatic carbocycles. The van der Waals surface area contributed by atoms with Crippen molar-refractivity contribution in [3.05, 3.63) is 72.9 Å². The number of allylic oxidation sites excluding steroid dienone is 12. The minimum absolute atomic E-state index is 0.0755. The highest BCUT2D eigenvalue weighted by molar-refractivity contribution is 7.47. The zero-order valence-corrected chi connectivity index (χ0v) is 64.0. The van der Waals surface area contributed by atoms with E-state index in [2.05, 4.69) is 101 Å². The first kappa shape index (κ1) is 94.5. The summed E-state index contributed by atoms with van der Waals surface area (Å²) >= 11 is 0. The highest BCUT2D eigenvalue weighted by atomic mass is 31.2. The van der Waals surface area contributed by atoms with Gasteiger partial charge in [0.05, 0.1) is 26.4 Å². The fourth-order valence-corrected chi connectivity index (χ4v) is 12.4. The second kappa shape index (κ2) is 71.9. The van der Waals surface area contributed by atoms with Crippen LogP contribution in [0.15, 0.2) is 72.9 Å². The smallest absolute Gasteiger partial charge is 0.462 e. The third-order valence-corrected chi connectivity index (χ3v) is 18.6.